The predicted molar refractivity (Wildman–Crippen MR) is 130 cm³/mol. The molecule has 0 bridgehead atoms. The smallest absolute Gasteiger partial charge is 0.410 e. The number of ether oxygens (including phenoxy) is 1. The Hall–Kier alpha value is -3.57. The predicted octanol–water partition coefficient (Wildman–Crippen LogP) is 4.46. The molecule has 0 aliphatic carbocycles. The van der Waals surface area contributed by atoms with Crippen molar-refractivity contribution in [3.8, 4) is 5.75 Å². The summed E-state index contributed by atoms with van der Waals surface area (Å²) >= 11 is 0. The molecule has 1 fully saturated rings. The maximum absolute atomic E-state index is 12.8. The third-order valence-corrected chi connectivity index (χ3v) is 5.75. The number of carbonyl (C=O) groups is 2. The van der Waals surface area contributed by atoms with Crippen molar-refractivity contribution in [1.82, 2.24) is 14.9 Å². The fraction of sp³-hybridized carbons (Fsp3) is 0.500. The minimum atomic E-state index is -5.04. The Kier molecular flexibility index (Phi) is 8.94. The molecule has 2 N–H and O–H groups in total. The SMILES string of the molecule is CCN(CC)c1ncc(NC(=O)C(F)(F)F)c(N[C@H](C)Cc2ccc(OC(=O)N3CCCC3)cc2)n1. The summed E-state index contributed by atoms with van der Waals surface area (Å²) in [6.45, 7) is 8.27. The van der Waals surface area contributed by atoms with Crippen LogP contribution >= 0.6 is 0 Å². The lowest BCUT2D eigenvalue weighted by Gasteiger charge is -2.22. The standard InChI is InChI=1S/C24H31F3N6O3/c1-4-32(5-2)22-28-15-19(30-21(34)24(25,26)27)20(31-22)29-16(3)14-17-8-10-18(11-9-17)36-23(35)33-12-6-7-13-33/h8-11,15-16H,4-7,12-14H2,1-3H3,(H,30,34)(H,28,29,31)/t16-/m1/s1. The Morgan fingerprint density at radius 1 is 1.14 bits per heavy atom. The second-order valence-electron chi connectivity index (χ2n) is 8.51. The highest BCUT2D eigenvalue weighted by molar-refractivity contribution is 5.97. The fourth-order valence-electron chi connectivity index (χ4n) is 3.82. The summed E-state index contributed by atoms with van der Waals surface area (Å²) in [5, 5.41) is 4.94. The number of likely N-dealkylation sites (tertiary alicyclic amines) is 1. The lowest BCUT2D eigenvalue weighted by molar-refractivity contribution is -0.167. The topological polar surface area (TPSA) is 99.7 Å². The van der Waals surface area contributed by atoms with Crippen LogP contribution in [0.5, 0.6) is 5.75 Å². The first-order valence-corrected chi connectivity index (χ1v) is 11.9. The number of anilines is 3. The van der Waals surface area contributed by atoms with E-state index < -0.39 is 12.1 Å². The molecule has 1 atom stereocenters. The van der Waals surface area contributed by atoms with E-state index in [9.17, 15) is 22.8 Å². The molecule has 12 heteroatoms. The molecule has 2 aromatic rings. The lowest BCUT2D eigenvalue weighted by atomic mass is 10.1. The van der Waals surface area contributed by atoms with Crippen molar-refractivity contribution in [3.63, 3.8) is 0 Å². The van der Waals surface area contributed by atoms with E-state index in [1.807, 2.05) is 43.1 Å². The summed E-state index contributed by atoms with van der Waals surface area (Å²) < 4.78 is 43.9. The number of nitrogens with one attached hydrogen (secondary N) is 2. The minimum Gasteiger partial charge on any atom is -0.410 e. The quantitative estimate of drug-likeness (QED) is 0.516. The molecule has 1 aromatic carbocycles. The van der Waals surface area contributed by atoms with E-state index in [1.54, 1.807) is 17.0 Å². The van der Waals surface area contributed by atoms with Crippen LogP contribution in [0.25, 0.3) is 0 Å². The summed E-state index contributed by atoms with van der Waals surface area (Å²) in [4.78, 5) is 35.7. The van der Waals surface area contributed by atoms with Gasteiger partial charge in [0.1, 0.15) is 11.4 Å². The van der Waals surface area contributed by atoms with Gasteiger partial charge in [0.05, 0.1) is 6.20 Å². The van der Waals surface area contributed by atoms with Crippen molar-refractivity contribution < 1.29 is 27.5 Å². The summed E-state index contributed by atoms with van der Waals surface area (Å²) in [7, 11) is 0. The molecule has 3 rings (SSSR count). The Morgan fingerprint density at radius 2 is 1.78 bits per heavy atom. The van der Waals surface area contributed by atoms with Crippen molar-refractivity contribution >= 4 is 29.5 Å². The van der Waals surface area contributed by atoms with Crippen molar-refractivity contribution in [3.05, 3.63) is 36.0 Å². The average Bonchev–Trinajstić information content (AvgIpc) is 3.37. The van der Waals surface area contributed by atoms with Gasteiger partial charge in [-0.25, -0.2) is 9.78 Å². The van der Waals surface area contributed by atoms with Crippen molar-refractivity contribution in [1.29, 1.82) is 0 Å². The highest BCUT2D eigenvalue weighted by Crippen LogP contribution is 2.26. The maximum Gasteiger partial charge on any atom is 0.471 e. The zero-order chi connectivity index (χ0) is 26.3. The number of benzene rings is 1. The molecule has 1 aromatic heterocycles. The van der Waals surface area contributed by atoms with Crippen LogP contribution in [-0.2, 0) is 11.2 Å². The van der Waals surface area contributed by atoms with Crippen molar-refractivity contribution in [2.24, 2.45) is 0 Å². The van der Waals surface area contributed by atoms with Crippen molar-refractivity contribution in [2.75, 3.05) is 41.7 Å². The third-order valence-electron chi connectivity index (χ3n) is 5.75. The van der Waals surface area contributed by atoms with E-state index in [-0.39, 0.29) is 23.6 Å². The number of rotatable bonds is 9. The van der Waals surface area contributed by atoms with Gasteiger partial charge in [-0.05, 0) is 57.7 Å². The van der Waals surface area contributed by atoms with Gasteiger partial charge in [-0.2, -0.15) is 18.2 Å². The first kappa shape index (κ1) is 27.0. The van der Waals surface area contributed by atoms with Crippen LogP contribution in [0.4, 0.5) is 35.4 Å². The van der Waals surface area contributed by atoms with Gasteiger partial charge in [0, 0.05) is 32.2 Å². The van der Waals surface area contributed by atoms with E-state index in [2.05, 4.69) is 15.3 Å². The lowest BCUT2D eigenvalue weighted by Crippen LogP contribution is -2.31. The number of alkyl halides is 3. The molecule has 2 amide bonds. The summed E-state index contributed by atoms with van der Waals surface area (Å²) in [6.07, 6.45) is -1.79. The molecule has 1 aliphatic heterocycles. The summed E-state index contributed by atoms with van der Waals surface area (Å²) in [5.41, 5.74) is 0.749. The van der Waals surface area contributed by atoms with Gasteiger partial charge >= 0.3 is 18.2 Å². The number of aromatic nitrogens is 2. The molecule has 0 saturated carbocycles. The molecule has 36 heavy (non-hydrogen) atoms. The molecule has 1 aliphatic rings. The maximum atomic E-state index is 12.8. The summed E-state index contributed by atoms with van der Waals surface area (Å²) in [5.74, 6) is -1.23. The second kappa shape index (κ2) is 11.9. The van der Waals surface area contributed by atoms with Crippen LogP contribution in [0.2, 0.25) is 0 Å². The van der Waals surface area contributed by atoms with Gasteiger partial charge in [-0.15, -0.1) is 0 Å². The molecule has 0 radical (unpaired) electrons. The largest absolute Gasteiger partial charge is 0.471 e. The van der Waals surface area contributed by atoms with E-state index in [1.165, 1.54) is 6.20 Å². The number of nitrogens with zero attached hydrogens (tertiary/aromatic N) is 4. The molecule has 0 spiro atoms. The van der Waals surface area contributed by atoms with Crippen molar-refractivity contribution in [2.45, 2.75) is 52.3 Å². The van der Waals surface area contributed by atoms with Gasteiger partial charge < -0.3 is 25.2 Å². The monoisotopic (exact) mass is 508 g/mol. The van der Waals surface area contributed by atoms with Gasteiger partial charge in [0.25, 0.3) is 0 Å². The fourth-order valence-corrected chi connectivity index (χ4v) is 3.82. The molecule has 1 saturated heterocycles. The molecule has 9 nitrogen and oxygen atoms in total. The number of hydrogen-bond acceptors (Lipinski definition) is 7. The number of halogens is 3. The normalized spacial score (nSPS) is 14.3. The average molecular weight is 509 g/mol. The Balaban J connectivity index is 1.69. The zero-order valence-corrected chi connectivity index (χ0v) is 20.6. The first-order chi connectivity index (χ1) is 17.1. The zero-order valence-electron chi connectivity index (χ0n) is 20.6. The number of amides is 2. The molecular weight excluding hydrogens is 477 g/mol. The molecule has 196 valence electrons. The Morgan fingerprint density at radius 3 is 2.36 bits per heavy atom. The van der Waals surface area contributed by atoms with Crippen LogP contribution in [0.3, 0.4) is 0 Å². The van der Waals surface area contributed by atoms with E-state index in [0.29, 0.717) is 44.3 Å². The van der Waals surface area contributed by atoms with Crippen LogP contribution in [0.1, 0.15) is 39.2 Å². The molecule has 0 unspecified atom stereocenters. The van der Waals surface area contributed by atoms with Gasteiger partial charge in [0.2, 0.25) is 5.95 Å². The van der Waals surface area contributed by atoms with E-state index in [4.69, 9.17) is 4.74 Å². The van der Waals surface area contributed by atoms with Gasteiger partial charge in [0.15, 0.2) is 5.82 Å². The molecule has 2 heterocycles. The van der Waals surface area contributed by atoms with E-state index >= 15 is 0 Å². The first-order valence-electron chi connectivity index (χ1n) is 11.9. The minimum absolute atomic E-state index is 0.0909. The van der Waals surface area contributed by atoms with E-state index in [0.717, 1.165) is 18.4 Å². The van der Waals surface area contributed by atoms with Crippen LogP contribution in [0.15, 0.2) is 30.5 Å². The Bertz CT molecular complexity index is 1040. The van der Waals surface area contributed by atoms with Crippen LogP contribution in [-0.4, -0.2) is 65.3 Å². The second-order valence-corrected chi connectivity index (χ2v) is 8.51. The third kappa shape index (κ3) is 7.22. The van der Waals surface area contributed by atoms with Gasteiger partial charge in [-0.3, -0.25) is 4.79 Å². The summed E-state index contributed by atoms with van der Waals surface area (Å²) in [6, 6.07) is 6.78. The highest BCUT2D eigenvalue weighted by atomic mass is 19.4. The highest BCUT2D eigenvalue weighted by Gasteiger charge is 2.39. The number of carbonyl (C=O) groups excluding carboxylic acids is 2. The Labute approximate surface area is 208 Å². The van der Waals surface area contributed by atoms with Gasteiger partial charge in [-0.1, -0.05) is 12.1 Å². The number of hydrogen-bond donors (Lipinski definition) is 2. The van der Waals surface area contributed by atoms with Crippen LogP contribution < -0.4 is 20.3 Å². The molecular formula is C24H31F3N6O3. The van der Waals surface area contributed by atoms with Crippen LogP contribution in [0, 0.1) is 0 Å².